The number of benzene rings is 1. The van der Waals surface area contributed by atoms with E-state index in [-0.39, 0.29) is 18.2 Å². The van der Waals surface area contributed by atoms with Crippen LogP contribution in [0, 0.1) is 11.3 Å². The summed E-state index contributed by atoms with van der Waals surface area (Å²) in [4.78, 5) is 20.7. The largest absolute Gasteiger partial charge is 0.435 e. The van der Waals surface area contributed by atoms with Gasteiger partial charge in [0.15, 0.2) is 0 Å². The number of rotatable bonds is 7. The molecule has 29 heavy (non-hydrogen) atoms. The Kier molecular flexibility index (Phi) is 6.92. The Morgan fingerprint density at radius 3 is 2.59 bits per heavy atom. The highest BCUT2D eigenvalue weighted by Crippen LogP contribution is 2.16. The number of piperazine rings is 1. The second kappa shape index (κ2) is 9.80. The number of nitrogens with one attached hydrogen (secondary N) is 1. The van der Waals surface area contributed by atoms with Crippen LogP contribution in [-0.4, -0.2) is 55.1 Å². The van der Waals surface area contributed by atoms with Crippen molar-refractivity contribution in [3.63, 3.8) is 0 Å². The molecule has 9 heteroatoms. The third kappa shape index (κ3) is 6.12. The Balaban J connectivity index is 1.41. The van der Waals surface area contributed by atoms with Crippen LogP contribution in [0.4, 0.5) is 14.6 Å². The first-order valence-electron chi connectivity index (χ1n) is 9.17. The molecule has 0 radical (unpaired) electrons. The van der Waals surface area contributed by atoms with Crippen LogP contribution < -0.4 is 15.0 Å². The van der Waals surface area contributed by atoms with Gasteiger partial charge in [0.05, 0.1) is 18.2 Å². The van der Waals surface area contributed by atoms with E-state index >= 15 is 0 Å². The second-order valence-electron chi connectivity index (χ2n) is 6.58. The Morgan fingerprint density at radius 1 is 1.21 bits per heavy atom. The van der Waals surface area contributed by atoms with Gasteiger partial charge < -0.3 is 15.0 Å². The predicted molar refractivity (Wildman–Crippen MR) is 103 cm³/mol. The zero-order valence-corrected chi connectivity index (χ0v) is 15.7. The van der Waals surface area contributed by atoms with Crippen LogP contribution in [0.5, 0.6) is 5.75 Å². The summed E-state index contributed by atoms with van der Waals surface area (Å²) >= 11 is 0. The number of alkyl halides is 2. The molecular weight excluding hydrogens is 380 g/mol. The molecule has 2 aromatic rings. The van der Waals surface area contributed by atoms with E-state index in [1.54, 1.807) is 30.5 Å². The summed E-state index contributed by atoms with van der Waals surface area (Å²) in [6.07, 6.45) is 1.62. The van der Waals surface area contributed by atoms with Crippen LogP contribution in [0.15, 0.2) is 42.6 Å². The van der Waals surface area contributed by atoms with E-state index in [0.29, 0.717) is 25.2 Å². The topological polar surface area (TPSA) is 81.5 Å². The molecule has 0 unspecified atom stereocenters. The Bertz CT molecular complexity index is 862. The molecule has 0 aliphatic carbocycles. The lowest BCUT2D eigenvalue weighted by atomic mass is 10.2. The van der Waals surface area contributed by atoms with Gasteiger partial charge in [-0.3, -0.25) is 9.69 Å². The van der Waals surface area contributed by atoms with E-state index in [2.05, 4.69) is 30.9 Å². The van der Waals surface area contributed by atoms with E-state index < -0.39 is 6.61 Å². The second-order valence-corrected chi connectivity index (χ2v) is 6.58. The molecule has 1 aromatic heterocycles. The fourth-order valence-electron chi connectivity index (χ4n) is 3.04. The van der Waals surface area contributed by atoms with Crippen LogP contribution in [0.3, 0.4) is 0 Å². The highest BCUT2D eigenvalue weighted by molar-refractivity contribution is 5.78. The third-order valence-electron chi connectivity index (χ3n) is 4.58. The van der Waals surface area contributed by atoms with Crippen LogP contribution in [-0.2, 0) is 11.3 Å². The number of ether oxygens (including phenoxy) is 1. The lowest BCUT2D eigenvalue weighted by molar-refractivity contribution is -0.122. The molecule has 0 atom stereocenters. The number of carbonyl (C=O) groups is 1. The minimum atomic E-state index is -2.85. The third-order valence-corrected chi connectivity index (χ3v) is 4.58. The number of carbonyl (C=O) groups excluding carboxylic acids is 1. The van der Waals surface area contributed by atoms with Gasteiger partial charge in [0.1, 0.15) is 11.6 Å². The number of hydrogen-bond acceptors (Lipinski definition) is 6. The van der Waals surface area contributed by atoms with Crippen LogP contribution in [0.25, 0.3) is 0 Å². The van der Waals surface area contributed by atoms with E-state index in [1.165, 1.54) is 12.1 Å². The van der Waals surface area contributed by atoms with Crippen LogP contribution in [0.2, 0.25) is 0 Å². The highest BCUT2D eigenvalue weighted by Gasteiger charge is 2.20. The first-order valence-corrected chi connectivity index (χ1v) is 9.17. The molecule has 0 bridgehead atoms. The minimum Gasteiger partial charge on any atom is -0.435 e. The Hall–Kier alpha value is -3.25. The summed E-state index contributed by atoms with van der Waals surface area (Å²) in [5.74, 6) is 0.756. The maximum atomic E-state index is 12.2. The molecule has 2 heterocycles. The average Bonchev–Trinajstić information content (AvgIpc) is 2.73. The molecule has 1 amide bonds. The average molecular weight is 401 g/mol. The van der Waals surface area contributed by atoms with Gasteiger partial charge in [0, 0.05) is 38.9 Å². The van der Waals surface area contributed by atoms with Crippen molar-refractivity contribution in [3.05, 3.63) is 53.7 Å². The molecule has 1 aliphatic rings. The molecule has 1 N–H and O–H groups in total. The number of pyridine rings is 1. The minimum absolute atomic E-state index is 0.0859. The van der Waals surface area contributed by atoms with E-state index in [4.69, 9.17) is 5.26 Å². The van der Waals surface area contributed by atoms with Crippen molar-refractivity contribution in [1.29, 1.82) is 5.26 Å². The molecule has 1 aromatic carbocycles. The van der Waals surface area contributed by atoms with Gasteiger partial charge >= 0.3 is 6.61 Å². The Morgan fingerprint density at radius 2 is 1.93 bits per heavy atom. The van der Waals surface area contributed by atoms with Gasteiger partial charge in [-0.15, -0.1) is 0 Å². The zero-order chi connectivity index (χ0) is 20.6. The fourth-order valence-corrected chi connectivity index (χ4v) is 3.04. The molecule has 0 saturated carbocycles. The molecule has 152 valence electrons. The normalized spacial score (nSPS) is 14.5. The maximum Gasteiger partial charge on any atom is 0.387 e. The summed E-state index contributed by atoms with van der Waals surface area (Å²) in [5.41, 5.74) is 1.37. The van der Waals surface area contributed by atoms with Gasteiger partial charge in [-0.25, -0.2) is 4.98 Å². The summed E-state index contributed by atoms with van der Waals surface area (Å²) < 4.78 is 28.6. The van der Waals surface area contributed by atoms with Crippen LogP contribution in [0.1, 0.15) is 11.1 Å². The summed E-state index contributed by atoms with van der Waals surface area (Å²) in [7, 11) is 0. The predicted octanol–water partition coefficient (Wildman–Crippen LogP) is 1.99. The first-order chi connectivity index (χ1) is 14.0. The highest BCUT2D eigenvalue weighted by atomic mass is 19.3. The summed E-state index contributed by atoms with van der Waals surface area (Å²) in [6, 6.07) is 11.7. The summed E-state index contributed by atoms with van der Waals surface area (Å²) in [5, 5.41) is 11.8. The van der Waals surface area contributed by atoms with Gasteiger partial charge in [0.2, 0.25) is 5.91 Å². The van der Waals surface area contributed by atoms with Crippen molar-refractivity contribution >= 4 is 11.7 Å². The van der Waals surface area contributed by atoms with E-state index in [9.17, 15) is 13.6 Å². The standard InChI is InChI=1S/C20H21F2N5O2/c21-20(22)29-17-3-1-15(2-4-17)13-25-19(28)14-26-7-9-27(10-8-26)18-11-16(12-23)5-6-24-18/h1-6,11,20H,7-10,13-14H2,(H,25,28). The number of anilines is 1. The molecule has 1 fully saturated rings. The fraction of sp³-hybridized carbons (Fsp3) is 0.350. The Labute approximate surface area is 167 Å². The molecular formula is C20H21F2N5O2. The lowest BCUT2D eigenvalue weighted by Gasteiger charge is -2.35. The monoisotopic (exact) mass is 401 g/mol. The van der Waals surface area contributed by atoms with Crippen molar-refractivity contribution in [1.82, 2.24) is 15.2 Å². The molecule has 1 saturated heterocycles. The number of amides is 1. The van der Waals surface area contributed by atoms with E-state index in [1.807, 2.05) is 0 Å². The van der Waals surface area contributed by atoms with Crippen molar-refractivity contribution in [2.45, 2.75) is 13.2 Å². The number of halogens is 2. The summed E-state index contributed by atoms with van der Waals surface area (Å²) in [6.45, 7) is 0.621. The quantitative estimate of drug-likeness (QED) is 0.764. The number of nitriles is 1. The lowest BCUT2D eigenvalue weighted by Crippen LogP contribution is -2.49. The van der Waals surface area contributed by atoms with Crippen molar-refractivity contribution in [2.75, 3.05) is 37.6 Å². The first kappa shape index (κ1) is 20.5. The number of nitrogens with zero attached hydrogens (tertiary/aromatic N) is 4. The smallest absolute Gasteiger partial charge is 0.387 e. The van der Waals surface area contributed by atoms with Gasteiger partial charge in [0.25, 0.3) is 0 Å². The molecule has 7 nitrogen and oxygen atoms in total. The number of aromatic nitrogens is 1. The number of hydrogen-bond donors (Lipinski definition) is 1. The molecule has 1 aliphatic heterocycles. The zero-order valence-electron chi connectivity index (χ0n) is 15.7. The molecule has 3 rings (SSSR count). The van der Waals surface area contributed by atoms with Gasteiger partial charge in [-0.05, 0) is 29.8 Å². The van der Waals surface area contributed by atoms with Gasteiger partial charge in [-0.2, -0.15) is 14.0 Å². The SMILES string of the molecule is N#Cc1ccnc(N2CCN(CC(=O)NCc3ccc(OC(F)F)cc3)CC2)c1. The van der Waals surface area contributed by atoms with E-state index in [0.717, 1.165) is 24.5 Å². The van der Waals surface area contributed by atoms with Crippen molar-refractivity contribution in [2.24, 2.45) is 0 Å². The van der Waals surface area contributed by atoms with Gasteiger partial charge in [-0.1, -0.05) is 12.1 Å². The van der Waals surface area contributed by atoms with Crippen molar-refractivity contribution < 1.29 is 18.3 Å². The molecule has 0 spiro atoms. The van der Waals surface area contributed by atoms with Crippen molar-refractivity contribution in [3.8, 4) is 11.8 Å². The maximum absolute atomic E-state index is 12.2. The van der Waals surface area contributed by atoms with Crippen LogP contribution >= 0.6 is 0 Å².